The number of benzene rings is 1. The number of rotatable bonds is 8. The molecule has 0 aliphatic carbocycles. The average Bonchev–Trinajstić information content (AvgIpc) is 2.65. The smallest absolute Gasteiger partial charge is 0.261 e. The summed E-state index contributed by atoms with van der Waals surface area (Å²) in [5, 5.41) is 7.60. The molecule has 142 valence electrons. The van der Waals surface area contributed by atoms with E-state index in [1.165, 1.54) is 0 Å². The number of amides is 1. The summed E-state index contributed by atoms with van der Waals surface area (Å²) in [5.74, 6) is 2.93. The van der Waals surface area contributed by atoms with E-state index >= 15 is 0 Å². The number of nitrogens with zero attached hydrogens (tertiary/aromatic N) is 2. The van der Waals surface area contributed by atoms with Crippen molar-refractivity contribution >= 4 is 23.0 Å². The van der Waals surface area contributed by atoms with Gasteiger partial charge in [-0.3, -0.25) is 9.78 Å². The van der Waals surface area contributed by atoms with Crippen LogP contribution in [0, 0.1) is 12.3 Å². The summed E-state index contributed by atoms with van der Waals surface area (Å²) in [5.41, 5.74) is 0.852. The maximum Gasteiger partial charge on any atom is 0.261 e. The maximum absolute atomic E-state index is 12.6. The van der Waals surface area contributed by atoms with E-state index in [1.54, 1.807) is 18.5 Å². The van der Waals surface area contributed by atoms with Gasteiger partial charge in [0.2, 0.25) is 0 Å². The first-order valence-electron chi connectivity index (χ1n) is 8.90. The molecule has 0 saturated carbocycles. The Morgan fingerprint density at radius 1 is 1.41 bits per heavy atom. The van der Waals surface area contributed by atoms with E-state index in [1.807, 2.05) is 45.9 Å². The Bertz CT molecular complexity index is 869. The fourth-order valence-corrected chi connectivity index (χ4v) is 2.42. The highest BCUT2D eigenvalue weighted by molar-refractivity contribution is 5.86. The van der Waals surface area contributed by atoms with Crippen LogP contribution in [0.15, 0.2) is 35.6 Å². The predicted molar refractivity (Wildman–Crippen MR) is 107 cm³/mol. The molecule has 1 heterocycles. The Morgan fingerprint density at radius 2 is 2.19 bits per heavy atom. The summed E-state index contributed by atoms with van der Waals surface area (Å²) in [4.78, 5) is 21.9. The maximum atomic E-state index is 12.6. The molecule has 1 amide bonds. The van der Waals surface area contributed by atoms with Crippen molar-refractivity contribution in [1.82, 2.24) is 10.3 Å². The number of fused-ring (bicyclic) bond motifs is 1. The highest BCUT2D eigenvalue weighted by Crippen LogP contribution is 2.22. The third kappa shape index (κ3) is 5.71. The summed E-state index contributed by atoms with van der Waals surface area (Å²) in [6.07, 6.45) is 8.52. The molecule has 0 fully saturated rings. The molecule has 0 saturated heterocycles. The first kappa shape index (κ1) is 20.2. The third-order valence-electron chi connectivity index (χ3n) is 3.79. The third-order valence-corrected chi connectivity index (χ3v) is 3.79. The van der Waals surface area contributed by atoms with Crippen molar-refractivity contribution in [2.45, 2.75) is 45.8 Å². The Morgan fingerprint density at radius 3 is 2.85 bits per heavy atom. The Balaban J connectivity index is 2.12. The number of nitrogens with one attached hydrogen (secondary N) is 1. The van der Waals surface area contributed by atoms with Crippen molar-refractivity contribution in [2.24, 2.45) is 5.16 Å². The Kier molecular flexibility index (Phi) is 6.78. The average molecular weight is 367 g/mol. The quantitative estimate of drug-likeness (QED) is 0.441. The van der Waals surface area contributed by atoms with Gasteiger partial charge in [-0.1, -0.05) is 18.0 Å². The van der Waals surface area contributed by atoms with E-state index in [0.29, 0.717) is 24.3 Å². The van der Waals surface area contributed by atoms with E-state index in [9.17, 15) is 4.79 Å². The number of carbonyl (C=O) groups excluding carboxylic acids is 1. The molecule has 1 atom stereocenters. The van der Waals surface area contributed by atoms with Gasteiger partial charge in [-0.05, 0) is 51.5 Å². The predicted octanol–water partition coefficient (Wildman–Crippen LogP) is 3.29. The molecule has 0 aliphatic heterocycles. The summed E-state index contributed by atoms with van der Waals surface area (Å²) >= 11 is 0. The number of hydrogen-bond acceptors (Lipinski definition) is 5. The fraction of sp³-hybridized carbons (Fsp3) is 0.381. The highest BCUT2D eigenvalue weighted by Gasteiger charge is 2.25. The van der Waals surface area contributed by atoms with Crippen LogP contribution >= 0.6 is 0 Å². The zero-order valence-electron chi connectivity index (χ0n) is 16.2. The number of terminal acetylenes is 1. The van der Waals surface area contributed by atoms with Gasteiger partial charge in [0.05, 0.1) is 17.3 Å². The molecule has 1 aromatic carbocycles. The highest BCUT2D eigenvalue weighted by atomic mass is 16.6. The van der Waals surface area contributed by atoms with E-state index in [0.717, 1.165) is 10.9 Å². The molecular formula is C21H25N3O3. The van der Waals surface area contributed by atoms with Gasteiger partial charge >= 0.3 is 0 Å². The van der Waals surface area contributed by atoms with Crippen LogP contribution in [-0.4, -0.2) is 35.4 Å². The zero-order chi connectivity index (χ0) is 19.9. The standard InChI is InChI=1S/C21H25N3O3/c1-6-15-11-16-12-17(9-10-18(16)22-13-15)27-19(7-2)20(25)24-21(4,5)14-23-26-8-3/h1,9-14,19H,7-8H2,2-5H3,(H,24,25). The monoisotopic (exact) mass is 367 g/mol. The molecule has 27 heavy (non-hydrogen) atoms. The first-order chi connectivity index (χ1) is 12.9. The molecule has 2 rings (SSSR count). The second-order valence-electron chi connectivity index (χ2n) is 6.60. The number of hydrogen-bond donors (Lipinski definition) is 1. The lowest BCUT2D eigenvalue weighted by Crippen LogP contribution is -2.50. The van der Waals surface area contributed by atoms with Crippen molar-refractivity contribution in [2.75, 3.05) is 6.61 Å². The van der Waals surface area contributed by atoms with E-state index in [-0.39, 0.29) is 5.91 Å². The van der Waals surface area contributed by atoms with Crippen LogP contribution in [0.25, 0.3) is 10.9 Å². The van der Waals surface area contributed by atoms with Crippen LogP contribution in [0.1, 0.15) is 39.7 Å². The van der Waals surface area contributed by atoms with E-state index < -0.39 is 11.6 Å². The van der Waals surface area contributed by atoms with Gasteiger partial charge in [-0.25, -0.2) is 0 Å². The number of oxime groups is 1. The lowest BCUT2D eigenvalue weighted by atomic mass is 10.1. The van der Waals surface area contributed by atoms with Crippen molar-refractivity contribution < 1.29 is 14.4 Å². The van der Waals surface area contributed by atoms with Crippen LogP contribution < -0.4 is 10.1 Å². The van der Waals surface area contributed by atoms with Crippen molar-refractivity contribution in [3.05, 3.63) is 36.0 Å². The summed E-state index contributed by atoms with van der Waals surface area (Å²) in [6.45, 7) is 7.88. The second-order valence-corrected chi connectivity index (χ2v) is 6.60. The molecule has 1 aromatic heterocycles. The Labute approximate surface area is 159 Å². The van der Waals surface area contributed by atoms with Gasteiger partial charge in [-0.2, -0.15) is 0 Å². The minimum absolute atomic E-state index is 0.221. The van der Waals surface area contributed by atoms with Crippen molar-refractivity contribution in [1.29, 1.82) is 0 Å². The lowest BCUT2D eigenvalue weighted by Gasteiger charge is -2.25. The fourth-order valence-electron chi connectivity index (χ4n) is 2.42. The van der Waals surface area contributed by atoms with Gasteiger partial charge in [0.15, 0.2) is 6.10 Å². The number of carbonyl (C=O) groups is 1. The van der Waals surface area contributed by atoms with Gasteiger partial charge in [0.25, 0.3) is 5.91 Å². The largest absolute Gasteiger partial charge is 0.481 e. The van der Waals surface area contributed by atoms with Crippen molar-refractivity contribution in [3.63, 3.8) is 0 Å². The van der Waals surface area contributed by atoms with Gasteiger partial charge in [-0.15, -0.1) is 6.42 Å². The SMILES string of the molecule is C#Cc1cnc2ccc(OC(CC)C(=O)NC(C)(C)C=NOCC)cc2c1. The minimum Gasteiger partial charge on any atom is -0.481 e. The Hall–Kier alpha value is -3.07. The van der Waals surface area contributed by atoms with Gasteiger partial charge in [0, 0.05) is 17.1 Å². The van der Waals surface area contributed by atoms with Gasteiger partial charge in [0.1, 0.15) is 12.4 Å². The number of aromatic nitrogens is 1. The van der Waals surface area contributed by atoms with Crippen LogP contribution in [0.3, 0.4) is 0 Å². The second kappa shape index (κ2) is 9.04. The zero-order valence-corrected chi connectivity index (χ0v) is 16.2. The lowest BCUT2D eigenvalue weighted by molar-refractivity contribution is -0.129. The summed E-state index contributed by atoms with van der Waals surface area (Å²) in [7, 11) is 0. The molecule has 1 N–H and O–H groups in total. The van der Waals surface area contributed by atoms with Gasteiger partial charge < -0.3 is 14.9 Å². The number of ether oxygens (including phenoxy) is 1. The molecule has 6 heteroatoms. The van der Waals surface area contributed by atoms with Crippen LogP contribution in [0.2, 0.25) is 0 Å². The topological polar surface area (TPSA) is 72.8 Å². The number of pyridine rings is 1. The van der Waals surface area contributed by atoms with E-state index in [2.05, 4.69) is 21.4 Å². The summed E-state index contributed by atoms with van der Waals surface area (Å²) in [6, 6.07) is 7.33. The molecule has 6 nitrogen and oxygen atoms in total. The van der Waals surface area contributed by atoms with Crippen LogP contribution in [0.5, 0.6) is 5.75 Å². The molecule has 0 radical (unpaired) electrons. The minimum atomic E-state index is -0.655. The molecule has 2 aromatic rings. The van der Waals surface area contributed by atoms with E-state index in [4.69, 9.17) is 16.0 Å². The molecule has 0 aliphatic rings. The normalized spacial score (nSPS) is 12.6. The molecule has 1 unspecified atom stereocenters. The molecule has 0 bridgehead atoms. The summed E-state index contributed by atoms with van der Waals surface area (Å²) < 4.78 is 5.91. The van der Waals surface area contributed by atoms with Crippen LogP contribution in [-0.2, 0) is 9.63 Å². The van der Waals surface area contributed by atoms with Crippen molar-refractivity contribution in [3.8, 4) is 18.1 Å². The molecular weight excluding hydrogens is 342 g/mol. The van der Waals surface area contributed by atoms with Crippen LogP contribution in [0.4, 0.5) is 0 Å². The first-order valence-corrected chi connectivity index (χ1v) is 8.90. The molecule has 0 spiro atoms.